The van der Waals surface area contributed by atoms with Crippen LogP contribution in [0.15, 0.2) is 28.7 Å². The molecule has 2 aliphatic heterocycles. The summed E-state index contributed by atoms with van der Waals surface area (Å²) in [6.45, 7) is 2.96. The number of aromatic nitrogens is 1. The number of anilines is 1. The lowest BCUT2D eigenvalue weighted by Crippen LogP contribution is -2.60. The third-order valence-corrected chi connectivity index (χ3v) is 7.25. The number of fused-ring (bicyclic) bond motifs is 1. The van der Waals surface area contributed by atoms with Crippen molar-refractivity contribution in [1.29, 1.82) is 0 Å². The van der Waals surface area contributed by atoms with Gasteiger partial charge in [-0.2, -0.15) is 4.98 Å². The van der Waals surface area contributed by atoms with Crippen LogP contribution in [0.4, 0.5) is 6.01 Å². The molecule has 1 unspecified atom stereocenters. The number of sulfone groups is 1. The first-order chi connectivity index (χ1) is 12.0. The molecule has 2 fully saturated rings. The van der Waals surface area contributed by atoms with Crippen LogP contribution in [0.5, 0.6) is 0 Å². The molecule has 0 N–H and O–H groups in total. The van der Waals surface area contributed by atoms with Gasteiger partial charge in [-0.25, -0.2) is 8.42 Å². The summed E-state index contributed by atoms with van der Waals surface area (Å²) in [6.07, 6.45) is 1.62. The lowest BCUT2D eigenvalue weighted by Gasteiger charge is -2.40. The Morgan fingerprint density at radius 3 is 2.80 bits per heavy atom. The molecular weight excluding hydrogens is 342 g/mol. The van der Waals surface area contributed by atoms with Gasteiger partial charge in [0.1, 0.15) is 11.6 Å². The maximum Gasteiger partial charge on any atom is 0.299 e. The van der Waals surface area contributed by atoms with Crippen LogP contribution >= 0.6 is 0 Å². The number of para-hydroxylation sites is 2. The first kappa shape index (κ1) is 16.4. The van der Waals surface area contributed by atoms with Crippen molar-refractivity contribution in [1.82, 2.24) is 9.88 Å². The summed E-state index contributed by atoms with van der Waals surface area (Å²) in [6, 6.07) is 7.67. The molecule has 0 spiro atoms. The minimum Gasteiger partial charge on any atom is -0.423 e. The zero-order valence-electron chi connectivity index (χ0n) is 14.1. The Hall–Kier alpha value is -2.09. The summed E-state index contributed by atoms with van der Waals surface area (Å²) >= 11 is 0. The van der Waals surface area contributed by atoms with Gasteiger partial charge >= 0.3 is 0 Å². The summed E-state index contributed by atoms with van der Waals surface area (Å²) < 4.78 is 29.6. The first-order valence-corrected chi connectivity index (χ1v) is 10.3. The standard InChI is InChI=1S/C17H21N3O4S/c1-2-25(22,23)12-10-19(11-12)16(21)14-7-5-9-20(14)17-18-13-6-3-4-8-15(13)24-17/h3-4,6,8,12,14H,2,5,7,9-11H2,1H3. The van der Waals surface area contributed by atoms with Gasteiger partial charge in [-0.3, -0.25) is 4.79 Å². The fourth-order valence-electron chi connectivity index (χ4n) is 3.53. The third kappa shape index (κ3) is 2.78. The predicted molar refractivity (Wildman–Crippen MR) is 94.2 cm³/mol. The van der Waals surface area contributed by atoms with Crippen molar-refractivity contribution in [3.05, 3.63) is 24.3 Å². The van der Waals surface area contributed by atoms with E-state index in [9.17, 15) is 13.2 Å². The molecule has 2 aromatic rings. The highest BCUT2D eigenvalue weighted by atomic mass is 32.2. The number of hydrogen-bond acceptors (Lipinski definition) is 6. The Bertz CT molecular complexity index is 869. The molecule has 0 saturated carbocycles. The number of oxazole rings is 1. The van der Waals surface area contributed by atoms with E-state index >= 15 is 0 Å². The maximum absolute atomic E-state index is 12.8. The van der Waals surface area contributed by atoms with E-state index in [0.29, 0.717) is 31.2 Å². The lowest BCUT2D eigenvalue weighted by atomic mass is 10.1. The van der Waals surface area contributed by atoms with E-state index in [-0.39, 0.29) is 17.7 Å². The summed E-state index contributed by atoms with van der Waals surface area (Å²) in [5.74, 6) is 0.0975. The number of rotatable bonds is 4. The molecule has 2 aliphatic rings. The van der Waals surface area contributed by atoms with Gasteiger partial charge in [0, 0.05) is 25.4 Å². The summed E-state index contributed by atoms with van der Waals surface area (Å²) in [4.78, 5) is 20.8. The molecule has 1 amide bonds. The van der Waals surface area contributed by atoms with E-state index in [4.69, 9.17) is 4.42 Å². The second kappa shape index (κ2) is 6.01. The summed E-state index contributed by atoms with van der Waals surface area (Å²) in [5, 5.41) is -0.416. The molecule has 1 aromatic heterocycles. The minimum atomic E-state index is -3.07. The predicted octanol–water partition coefficient (Wildman–Crippen LogP) is 1.44. The molecular formula is C17H21N3O4S. The van der Waals surface area contributed by atoms with Crippen LogP contribution in [0.1, 0.15) is 19.8 Å². The van der Waals surface area contributed by atoms with Gasteiger partial charge in [-0.15, -0.1) is 0 Å². The average Bonchev–Trinajstić information content (AvgIpc) is 3.19. The van der Waals surface area contributed by atoms with E-state index in [0.717, 1.165) is 18.4 Å². The molecule has 0 bridgehead atoms. The van der Waals surface area contributed by atoms with Crippen molar-refractivity contribution in [2.24, 2.45) is 0 Å². The van der Waals surface area contributed by atoms with Crippen LogP contribution in [0.2, 0.25) is 0 Å². The topological polar surface area (TPSA) is 83.7 Å². The van der Waals surface area contributed by atoms with E-state index in [2.05, 4.69) is 4.98 Å². The van der Waals surface area contributed by atoms with Crippen molar-refractivity contribution in [3.8, 4) is 0 Å². The lowest BCUT2D eigenvalue weighted by molar-refractivity contribution is -0.135. The number of carbonyl (C=O) groups is 1. The van der Waals surface area contributed by atoms with Gasteiger partial charge in [-0.1, -0.05) is 19.1 Å². The first-order valence-electron chi connectivity index (χ1n) is 8.62. The second-order valence-electron chi connectivity index (χ2n) is 6.63. The summed E-state index contributed by atoms with van der Waals surface area (Å²) in [5.41, 5.74) is 1.47. The molecule has 8 heteroatoms. The number of amides is 1. The molecule has 4 rings (SSSR count). The number of nitrogens with zero attached hydrogens (tertiary/aromatic N) is 3. The van der Waals surface area contributed by atoms with Crippen LogP contribution in [0, 0.1) is 0 Å². The normalized spacial score (nSPS) is 21.7. The Morgan fingerprint density at radius 1 is 1.32 bits per heavy atom. The second-order valence-corrected chi connectivity index (χ2v) is 9.20. The van der Waals surface area contributed by atoms with Crippen molar-refractivity contribution in [2.75, 3.05) is 30.3 Å². The van der Waals surface area contributed by atoms with Crippen molar-refractivity contribution >= 4 is 32.9 Å². The SMILES string of the molecule is CCS(=O)(=O)C1CN(C(=O)C2CCCN2c2nc3ccccc3o2)C1. The number of hydrogen-bond donors (Lipinski definition) is 0. The number of likely N-dealkylation sites (tertiary alicyclic amines) is 1. The van der Waals surface area contributed by atoms with Crippen molar-refractivity contribution < 1.29 is 17.6 Å². The molecule has 1 aromatic carbocycles. The van der Waals surface area contributed by atoms with E-state index in [1.807, 2.05) is 29.2 Å². The van der Waals surface area contributed by atoms with Gasteiger partial charge < -0.3 is 14.2 Å². The maximum atomic E-state index is 12.8. The third-order valence-electron chi connectivity index (χ3n) is 5.14. The zero-order valence-corrected chi connectivity index (χ0v) is 14.9. The molecule has 7 nitrogen and oxygen atoms in total. The summed E-state index contributed by atoms with van der Waals surface area (Å²) in [7, 11) is -3.07. The zero-order chi connectivity index (χ0) is 17.6. The van der Waals surface area contributed by atoms with Gasteiger partial charge in [0.05, 0.1) is 5.25 Å². The van der Waals surface area contributed by atoms with Gasteiger partial charge in [-0.05, 0) is 25.0 Å². The van der Waals surface area contributed by atoms with E-state index < -0.39 is 15.1 Å². The van der Waals surface area contributed by atoms with Crippen molar-refractivity contribution in [3.63, 3.8) is 0 Å². The molecule has 3 heterocycles. The van der Waals surface area contributed by atoms with Crippen LogP contribution in [-0.4, -0.2) is 60.9 Å². The van der Waals surface area contributed by atoms with Crippen LogP contribution in [0.25, 0.3) is 11.1 Å². The Morgan fingerprint density at radius 2 is 2.08 bits per heavy atom. The van der Waals surface area contributed by atoms with Crippen LogP contribution < -0.4 is 4.90 Å². The van der Waals surface area contributed by atoms with Gasteiger partial charge in [0.15, 0.2) is 15.4 Å². The Kier molecular flexibility index (Phi) is 3.94. The van der Waals surface area contributed by atoms with Gasteiger partial charge in [0.25, 0.3) is 6.01 Å². The molecule has 134 valence electrons. The number of carbonyl (C=O) groups excluding carboxylic acids is 1. The smallest absolute Gasteiger partial charge is 0.299 e. The largest absolute Gasteiger partial charge is 0.423 e. The minimum absolute atomic E-state index is 0.0256. The highest BCUT2D eigenvalue weighted by molar-refractivity contribution is 7.92. The average molecular weight is 363 g/mol. The van der Waals surface area contributed by atoms with Gasteiger partial charge in [0.2, 0.25) is 5.91 Å². The highest BCUT2D eigenvalue weighted by Crippen LogP contribution is 2.30. The van der Waals surface area contributed by atoms with Crippen LogP contribution in [0.3, 0.4) is 0 Å². The monoisotopic (exact) mass is 363 g/mol. The molecule has 2 saturated heterocycles. The van der Waals surface area contributed by atoms with Crippen molar-refractivity contribution in [2.45, 2.75) is 31.1 Å². The molecule has 0 aliphatic carbocycles. The molecule has 25 heavy (non-hydrogen) atoms. The van der Waals surface area contributed by atoms with E-state index in [1.165, 1.54) is 0 Å². The fraction of sp³-hybridized carbons (Fsp3) is 0.529. The highest BCUT2D eigenvalue weighted by Gasteiger charge is 2.43. The quantitative estimate of drug-likeness (QED) is 0.817. The Balaban J connectivity index is 1.49. The van der Waals surface area contributed by atoms with E-state index in [1.54, 1.807) is 11.8 Å². The number of benzene rings is 1. The molecule has 1 atom stereocenters. The fourth-order valence-corrected chi connectivity index (χ4v) is 4.81. The van der Waals surface area contributed by atoms with Crippen LogP contribution in [-0.2, 0) is 14.6 Å². The molecule has 0 radical (unpaired) electrons. The Labute approximate surface area is 146 Å².